The summed E-state index contributed by atoms with van der Waals surface area (Å²) in [5.74, 6) is 0.119. The van der Waals surface area contributed by atoms with Gasteiger partial charge in [0.25, 0.3) is 5.91 Å². The first-order valence-electron chi connectivity index (χ1n) is 13.1. The standard InChI is InChI=1S/C30H35N3O6S/c1-21-18-33(22(2)20-34)30(35)27-16-24(11-10-23-8-6-5-7-9-23)17-31-29(27)39-28(21)19-32(3)40(36,37)26-14-12-25(38-4)13-15-26/h5-17,21-22,28,34H,18-20H2,1-4H3/b11-10+/t21-,22-,28-/m1/s1. The molecule has 0 saturated heterocycles. The van der Waals surface area contributed by atoms with E-state index in [1.807, 2.05) is 49.4 Å². The molecule has 4 rings (SSSR count). The van der Waals surface area contributed by atoms with Gasteiger partial charge in [-0.15, -0.1) is 0 Å². The molecule has 1 amide bonds. The number of methoxy groups -OCH3 is 1. The van der Waals surface area contributed by atoms with Crippen LogP contribution in [0.25, 0.3) is 12.2 Å². The normalized spacial score (nSPS) is 18.6. The Morgan fingerprint density at radius 1 is 1.15 bits per heavy atom. The van der Waals surface area contributed by atoms with Gasteiger partial charge in [-0.2, -0.15) is 4.31 Å². The van der Waals surface area contributed by atoms with E-state index in [0.29, 0.717) is 11.3 Å². The predicted octanol–water partition coefficient (Wildman–Crippen LogP) is 3.80. The third-order valence-corrected chi connectivity index (χ3v) is 8.85. The molecule has 2 heterocycles. The minimum Gasteiger partial charge on any atom is -0.497 e. The third-order valence-electron chi connectivity index (χ3n) is 7.01. The second kappa shape index (κ2) is 12.6. The van der Waals surface area contributed by atoms with E-state index in [4.69, 9.17) is 9.47 Å². The van der Waals surface area contributed by atoms with Gasteiger partial charge >= 0.3 is 0 Å². The van der Waals surface area contributed by atoms with E-state index in [2.05, 4.69) is 4.98 Å². The number of amides is 1. The number of fused-ring (bicyclic) bond motifs is 1. The fourth-order valence-corrected chi connectivity index (χ4v) is 5.65. The molecule has 0 aliphatic carbocycles. The lowest BCUT2D eigenvalue weighted by atomic mass is 10.00. The van der Waals surface area contributed by atoms with Crippen LogP contribution in [0.2, 0.25) is 0 Å². The number of nitrogens with zero attached hydrogens (tertiary/aromatic N) is 3. The number of hydrogen-bond donors (Lipinski definition) is 1. The Kier molecular flexibility index (Phi) is 9.24. The molecule has 3 atom stereocenters. The summed E-state index contributed by atoms with van der Waals surface area (Å²) in [7, 11) is -0.807. The van der Waals surface area contributed by atoms with Gasteiger partial charge in [0, 0.05) is 25.7 Å². The molecule has 1 aliphatic rings. The molecule has 0 saturated carbocycles. The summed E-state index contributed by atoms with van der Waals surface area (Å²) in [6.45, 7) is 3.75. The van der Waals surface area contributed by atoms with Crippen LogP contribution in [0.5, 0.6) is 11.6 Å². The van der Waals surface area contributed by atoms with Crippen LogP contribution >= 0.6 is 0 Å². The lowest BCUT2D eigenvalue weighted by Crippen LogP contribution is -2.50. The first-order valence-corrected chi connectivity index (χ1v) is 14.5. The third kappa shape index (κ3) is 6.52. The molecule has 0 bridgehead atoms. The van der Waals surface area contributed by atoms with Gasteiger partial charge in [-0.3, -0.25) is 4.79 Å². The molecule has 0 unspecified atom stereocenters. The second-order valence-corrected chi connectivity index (χ2v) is 12.0. The quantitative estimate of drug-likeness (QED) is 0.420. The summed E-state index contributed by atoms with van der Waals surface area (Å²) < 4.78 is 39.3. The van der Waals surface area contributed by atoms with E-state index in [1.165, 1.54) is 30.6 Å². The minimum absolute atomic E-state index is 0.0296. The molecule has 1 N–H and O–H groups in total. The van der Waals surface area contributed by atoms with Crippen molar-refractivity contribution < 1.29 is 27.8 Å². The van der Waals surface area contributed by atoms with Gasteiger partial charge < -0.3 is 19.5 Å². The van der Waals surface area contributed by atoms with Crippen molar-refractivity contribution in [3.05, 3.63) is 83.6 Å². The number of aromatic nitrogens is 1. The van der Waals surface area contributed by atoms with E-state index in [-0.39, 0.29) is 47.9 Å². The maximum atomic E-state index is 13.6. The van der Waals surface area contributed by atoms with Crippen LogP contribution in [0.4, 0.5) is 0 Å². The average molecular weight is 566 g/mol. The van der Waals surface area contributed by atoms with Crippen molar-refractivity contribution >= 4 is 28.1 Å². The minimum atomic E-state index is -3.82. The van der Waals surface area contributed by atoms with Gasteiger partial charge in [-0.05, 0) is 48.4 Å². The molecule has 0 spiro atoms. The Hall–Kier alpha value is -3.73. The maximum Gasteiger partial charge on any atom is 0.259 e. The highest BCUT2D eigenvalue weighted by Gasteiger charge is 2.35. The number of aliphatic hydroxyl groups is 1. The molecular weight excluding hydrogens is 530 g/mol. The Bertz CT molecular complexity index is 1440. The highest BCUT2D eigenvalue weighted by molar-refractivity contribution is 7.89. The summed E-state index contributed by atoms with van der Waals surface area (Å²) >= 11 is 0. The lowest BCUT2D eigenvalue weighted by Gasteiger charge is -2.37. The lowest BCUT2D eigenvalue weighted by molar-refractivity contribution is 0.0373. The number of carbonyl (C=O) groups excluding carboxylic acids is 1. The van der Waals surface area contributed by atoms with Gasteiger partial charge in [-0.25, -0.2) is 13.4 Å². The van der Waals surface area contributed by atoms with Crippen LogP contribution in [0.1, 0.15) is 35.3 Å². The fraction of sp³-hybridized carbons (Fsp3) is 0.333. The predicted molar refractivity (Wildman–Crippen MR) is 154 cm³/mol. The van der Waals surface area contributed by atoms with Crippen LogP contribution in [0.3, 0.4) is 0 Å². The molecule has 9 nitrogen and oxygen atoms in total. The highest BCUT2D eigenvalue weighted by Crippen LogP contribution is 2.29. The number of rotatable bonds is 9. The molecule has 1 aromatic heterocycles. The van der Waals surface area contributed by atoms with E-state index in [0.717, 1.165) is 5.56 Å². The van der Waals surface area contributed by atoms with Crippen LogP contribution in [0.15, 0.2) is 71.8 Å². The van der Waals surface area contributed by atoms with Crippen molar-refractivity contribution in [1.29, 1.82) is 0 Å². The monoisotopic (exact) mass is 565 g/mol. The van der Waals surface area contributed by atoms with E-state index >= 15 is 0 Å². The summed E-state index contributed by atoms with van der Waals surface area (Å²) in [4.78, 5) is 19.8. The number of pyridine rings is 1. The fourth-order valence-electron chi connectivity index (χ4n) is 4.46. The van der Waals surface area contributed by atoms with E-state index in [1.54, 1.807) is 36.2 Å². The van der Waals surface area contributed by atoms with Crippen LogP contribution in [-0.2, 0) is 10.0 Å². The average Bonchev–Trinajstić information content (AvgIpc) is 2.98. The van der Waals surface area contributed by atoms with E-state index in [9.17, 15) is 18.3 Å². The molecule has 1 aliphatic heterocycles. The van der Waals surface area contributed by atoms with Crippen molar-refractivity contribution in [3.63, 3.8) is 0 Å². The van der Waals surface area contributed by atoms with Gasteiger partial charge in [0.15, 0.2) is 0 Å². The number of hydrogen-bond acceptors (Lipinski definition) is 7. The van der Waals surface area contributed by atoms with Crippen molar-refractivity contribution in [2.45, 2.75) is 30.9 Å². The highest BCUT2D eigenvalue weighted by atomic mass is 32.2. The number of ether oxygens (including phenoxy) is 2. The van der Waals surface area contributed by atoms with Gasteiger partial charge in [0.2, 0.25) is 15.9 Å². The number of benzene rings is 2. The smallest absolute Gasteiger partial charge is 0.259 e. The van der Waals surface area contributed by atoms with Gasteiger partial charge in [0.1, 0.15) is 17.4 Å². The molecule has 40 heavy (non-hydrogen) atoms. The van der Waals surface area contributed by atoms with Crippen molar-refractivity contribution in [2.24, 2.45) is 5.92 Å². The SMILES string of the molecule is COc1ccc(S(=O)(=O)N(C)C[C@H]2Oc3ncc(/C=C/c4ccccc4)cc3C(=O)N([C@H](C)CO)C[C@H]2C)cc1. The Morgan fingerprint density at radius 3 is 2.48 bits per heavy atom. The van der Waals surface area contributed by atoms with Crippen molar-refractivity contribution in [2.75, 3.05) is 33.9 Å². The van der Waals surface area contributed by atoms with Gasteiger partial charge in [0.05, 0.1) is 31.2 Å². The topological polar surface area (TPSA) is 109 Å². The first-order chi connectivity index (χ1) is 19.1. The number of aliphatic hydroxyl groups excluding tert-OH is 1. The Labute approximate surface area is 235 Å². The summed E-state index contributed by atoms with van der Waals surface area (Å²) in [5.41, 5.74) is 1.97. The molecular formula is C30H35N3O6S. The number of likely N-dealkylation sites (N-methyl/N-ethyl adjacent to an activating group) is 1. The summed E-state index contributed by atoms with van der Waals surface area (Å²) in [6.07, 6.45) is 4.79. The maximum absolute atomic E-state index is 13.6. The van der Waals surface area contributed by atoms with Crippen molar-refractivity contribution in [1.82, 2.24) is 14.2 Å². The number of carbonyl (C=O) groups is 1. The molecule has 2 aromatic carbocycles. The molecule has 212 valence electrons. The largest absolute Gasteiger partial charge is 0.497 e. The summed E-state index contributed by atoms with van der Waals surface area (Å²) in [6, 6.07) is 17.2. The second-order valence-electron chi connectivity index (χ2n) is 9.95. The Morgan fingerprint density at radius 2 is 1.82 bits per heavy atom. The molecule has 3 aromatic rings. The van der Waals surface area contributed by atoms with Crippen LogP contribution in [-0.4, -0.2) is 79.6 Å². The van der Waals surface area contributed by atoms with E-state index < -0.39 is 22.2 Å². The zero-order chi connectivity index (χ0) is 28.9. The zero-order valence-corrected chi connectivity index (χ0v) is 23.9. The van der Waals surface area contributed by atoms with Crippen molar-refractivity contribution in [3.8, 4) is 11.6 Å². The Balaban J connectivity index is 1.65. The number of sulfonamides is 1. The summed E-state index contributed by atoms with van der Waals surface area (Å²) in [5, 5.41) is 9.90. The molecule has 0 fully saturated rings. The molecule has 10 heteroatoms. The van der Waals surface area contributed by atoms with Gasteiger partial charge in [-0.1, -0.05) is 49.4 Å². The van der Waals surface area contributed by atoms with Crippen LogP contribution in [0, 0.1) is 5.92 Å². The molecule has 0 radical (unpaired) electrons. The zero-order valence-electron chi connectivity index (χ0n) is 23.1. The van der Waals surface area contributed by atoms with Crippen LogP contribution < -0.4 is 9.47 Å². The first kappa shape index (κ1) is 29.3.